The Hall–Kier alpha value is -2.34. The maximum Gasteiger partial charge on any atom is 0.253 e. The first-order valence-electron chi connectivity index (χ1n) is 9.39. The molecule has 1 aromatic carbocycles. The first kappa shape index (κ1) is 20.9. The normalized spacial score (nSPS) is 15.5. The van der Waals surface area contributed by atoms with Crippen molar-refractivity contribution in [1.29, 1.82) is 0 Å². The lowest BCUT2D eigenvalue weighted by atomic mass is 10.1. The molecule has 11 heteroatoms. The highest BCUT2D eigenvalue weighted by atomic mass is 32.2. The van der Waals surface area contributed by atoms with Crippen molar-refractivity contribution in [3.05, 3.63) is 47.3 Å². The number of nitrogens with zero attached hydrogens (tertiary/aromatic N) is 5. The molecule has 158 valence electrons. The zero-order valence-corrected chi connectivity index (χ0v) is 18.2. The highest BCUT2D eigenvalue weighted by Gasteiger charge is 2.26. The minimum Gasteiger partial charge on any atom is -0.379 e. The summed E-state index contributed by atoms with van der Waals surface area (Å²) in [6.45, 7) is 5.25. The molecule has 0 saturated carbocycles. The lowest BCUT2D eigenvalue weighted by Crippen LogP contribution is -2.40. The highest BCUT2D eigenvalue weighted by Crippen LogP contribution is 2.20. The molecule has 1 aliphatic rings. The van der Waals surface area contributed by atoms with Gasteiger partial charge in [-0.25, -0.2) is 17.9 Å². The Morgan fingerprint density at radius 3 is 2.53 bits per heavy atom. The second-order valence-electron chi connectivity index (χ2n) is 6.90. The predicted octanol–water partition coefficient (Wildman–Crippen LogP) is 1.74. The van der Waals surface area contributed by atoms with E-state index >= 15 is 0 Å². The number of sulfonamides is 1. The number of hydrogen-bond acceptors (Lipinski definition) is 8. The summed E-state index contributed by atoms with van der Waals surface area (Å²) in [6, 6.07) is 7.95. The number of fused-ring (bicyclic) bond motifs is 1. The molecule has 4 rings (SSSR count). The summed E-state index contributed by atoms with van der Waals surface area (Å²) in [7, 11) is -3.58. The van der Waals surface area contributed by atoms with Crippen LogP contribution in [0.25, 0.3) is 5.78 Å². The average molecular weight is 448 g/mol. The summed E-state index contributed by atoms with van der Waals surface area (Å²) in [5, 5.41) is 4.84. The Morgan fingerprint density at radius 2 is 1.83 bits per heavy atom. The van der Waals surface area contributed by atoms with Crippen molar-refractivity contribution in [1.82, 2.24) is 23.9 Å². The minimum atomic E-state index is -3.58. The van der Waals surface area contributed by atoms with E-state index in [-0.39, 0.29) is 16.4 Å². The van der Waals surface area contributed by atoms with Crippen molar-refractivity contribution in [2.75, 3.05) is 32.1 Å². The average Bonchev–Trinajstić information content (AvgIpc) is 3.16. The van der Waals surface area contributed by atoms with Crippen molar-refractivity contribution in [3.8, 4) is 0 Å². The lowest BCUT2D eigenvalue weighted by Gasteiger charge is -2.26. The van der Waals surface area contributed by atoms with Crippen LogP contribution >= 0.6 is 11.8 Å². The number of ketones is 1. The van der Waals surface area contributed by atoms with Crippen molar-refractivity contribution in [3.63, 3.8) is 0 Å². The fourth-order valence-electron chi connectivity index (χ4n) is 3.17. The van der Waals surface area contributed by atoms with Gasteiger partial charge < -0.3 is 4.74 Å². The molecule has 3 aromatic rings. The van der Waals surface area contributed by atoms with Crippen LogP contribution in [0.2, 0.25) is 0 Å². The van der Waals surface area contributed by atoms with E-state index < -0.39 is 10.0 Å². The molecule has 0 spiro atoms. The first-order valence-corrected chi connectivity index (χ1v) is 11.8. The Labute approximate surface area is 178 Å². The van der Waals surface area contributed by atoms with Crippen molar-refractivity contribution in [2.45, 2.75) is 23.9 Å². The highest BCUT2D eigenvalue weighted by molar-refractivity contribution is 7.99. The molecule has 0 N–H and O–H groups in total. The lowest BCUT2D eigenvalue weighted by molar-refractivity contribution is 0.0730. The van der Waals surface area contributed by atoms with Gasteiger partial charge >= 0.3 is 0 Å². The summed E-state index contributed by atoms with van der Waals surface area (Å²) < 4.78 is 33.6. The van der Waals surface area contributed by atoms with Gasteiger partial charge in [0.05, 0.1) is 23.9 Å². The number of carbonyl (C=O) groups excluding carboxylic acids is 1. The Balaban J connectivity index is 1.43. The molecule has 2 aromatic heterocycles. The second-order valence-corrected chi connectivity index (χ2v) is 9.78. The Bertz CT molecular complexity index is 1190. The van der Waals surface area contributed by atoms with E-state index in [2.05, 4.69) is 15.1 Å². The molecule has 0 unspecified atom stereocenters. The van der Waals surface area contributed by atoms with Crippen LogP contribution in [0.5, 0.6) is 0 Å². The van der Waals surface area contributed by atoms with Gasteiger partial charge in [-0.15, -0.1) is 5.10 Å². The van der Waals surface area contributed by atoms with Gasteiger partial charge in [0, 0.05) is 30.0 Å². The number of aromatic nitrogens is 4. The van der Waals surface area contributed by atoms with Gasteiger partial charge in [-0.1, -0.05) is 23.9 Å². The molecule has 0 aliphatic carbocycles. The Kier molecular flexibility index (Phi) is 5.87. The van der Waals surface area contributed by atoms with E-state index in [9.17, 15) is 13.2 Å². The number of benzene rings is 1. The van der Waals surface area contributed by atoms with Crippen LogP contribution in [0.1, 0.15) is 21.7 Å². The number of rotatable bonds is 6. The van der Waals surface area contributed by atoms with Crippen LogP contribution in [0.4, 0.5) is 0 Å². The Morgan fingerprint density at radius 1 is 1.13 bits per heavy atom. The zero-order valence-electron chi connectivity index (χ0n) is 16.6. The maximum atomic E-state index is 12.7. The predicted molar refractivity (Wildman–Crippen MR) is 111 cm³/mol. The van der Waals surface area contributed by atoms with Crippen LogP contribution in [0, 0.1) is 13.8 Å². The summed E-state index contributed by atoms with van der Waals surface area (Å²) in [5.41, 5.74) is 2.21. The number of hydrogen-bond donors (Lipinski definition) is 0. The fourth-order valence-corrected chi connectivity index (χ4v) is 5.29. The van der Waals surface area contributed by atoms with Gasteiger partial charge in [-0.3, -0.25) is 4.79 Å². The number of ether oxygens (including phenoxy) is 1. The molecule has 0 atom stereocenters. The summed E-state index contributed by atoms with van der Waals surface area (Å²) in [6.07, 6.45) is 0. The van der Waals surface area contributed by atoms with Crippen LogP contribution in [0.15, 0.2) is 40.4 Å². The standard InChI is InChI=1S/C19H21N5O4S2/c1-13-11-14(2)24-18(20-13)21-19(22-24)29-12-17(25)15-3-5-16(6-4-15)30(26,27)23-7-9-28-10-8-23/h3-6,11H,7-10,12H2,1-2H3. The second kappa shape index (κ2) is 8.42. The minimum absolute atomic E-state index is 0.130. The van der Waals surface area contributed by atoms with Crippen molar-refractivity contribution >= 4 is 33.3 Å². The third-order valence-corrected chi connectivity index (χ3v) is 7.47. The smallest absolute Gasteiger partial charge is 0.253 e. The van der Waals surface area contributed by atoms with E-state index in [1.165, 1.54) is 28.2 Å². The van der Waals surface area contributed by atoms with E-state index in [0.29, 0.717) is 42.8 Å². The first-order chi connectivity index (χ1) is 14.3. The van der Waals surface area contributed by atoms with Gasteiger partial charge in [-0.05, 0) is 32.0 Å². The monoisotopic (exact) mass is 447 g/mol. The third kappa shape index (κ3) is 4.24. The number of Topliss-reactive ketones (excluding diaryl/α,β-unsaturated/α-hetero) is 1. The van der Waals surface area contributed by atoms with E-state index in [1.807, 2.05) is 19.9 Å². The molecule has 0 radical (unpaired) electrons. The summed E-state index contributed by atoms with van der Waals surface area (Å²) in [5.74, 6) is 0.514. The molecule has 1 fully saturated rings. The van der Waals surface area contributed by atoms with Crippen LogP contribution in [0.3, 0.4) is 0 Å². The van der Waals surface area contributed by atoms with Gasteiger partial charge in [0.2, 0.25) is 15.2 Å². The van der Waals surface area contributed by atoms with Gasteiger partial charge in [-0.2, -0.15) is 9.29 Å². The van der Waals surface area contributed by atoms with Crippen LogP contribution in [-0.2, 0) is 14.8 Å². The van der Waals surface area contributed by atoms with Crippen LogP contribution < -0.4 is 0 Å². The summed E-state index contributed by atoms with van der Waals surface area (Å²) in [4.78, 5) is 21.4. The molecule has 9 nitrogen and oxygen atoms in total. The molecule has 1 aliphatic heterocycles. The quantitative estimate of drug-likeness (QED) is 0.415. The molecular weight excluding hydrogens is 426 g/mol. The molecule has 1 saturated heterocycles. The number of aryl methyl sites for hydroxylation is 2. The topological polar surface area (TPSA) is 107 Å². The number of morpholine rings is 1. The van der Waals surface area contributed by atoms with Gasteiger partial charge in [0.1, 0.15) is 0 Å². The van der Waals surface area contributed by atoms with Crippen LogP contribution in [-0.4, -0.2) is 70.1 Å². The molecule has 0 amide bonds. The fraction of sp³-hybridized carbons (Fsp3) is 0.368. The van der Waals surface area contributed by atoms with Gasteiger partial charge in [0.15, 0.2) is 5.78 Å². The number of carbonyl (C=O) groups is 1. The molecule has 0 bridgehead atoms. The molecular formula is C19H21N5O4S2. The van der Waals surface area contributed by atoms with E-state index in [0.717, 1.165) is 11.4 Å². The molecule has 3 heterocycles. The van der Waals surface area contributed by atoms with E-state index in [4.69, 9.17) is 4.74 Å². The van der Waals surface area contributed by atoms with E-state index in [1.54, 1.807) is 16.6 Å². The third-order valence-electron chi connectivity index (χ3n) is 4.72. The zero-order chi connectivity index (χ0) is 21.3. The van der Waals surface area contributed by atoms with Crippen molar-refractivity contribution in [2.24, 2.45) is 0 Å². The van der Waals surface area contributed by atoms with Gasteiger partial charge in [0.25, 0.3) is 5.78 Å². The number of thioether (sulfide) groups is 1. The molecule has 30 heavy (non-hydrogen) atoms. The van der Waals surface area contributed by atoms with Crippen molar-refractivity contribution < 1.29 is 17.9 Å². The maximum absolute atomic E-state index is 12.7. The largest absolute Gasteiger partial charge is 0.379 e. The summed E-state index contributed by atoms with van der Waals surface area (Å²) >= 11 is 1.22. The SMILES string of the molecule is Cc1cc(C)n2nc(SCC(=O)c3ccc(S(=O)(=O)N4CCOCC4)cc3)nc2n1.